The van der Waals surface area contributed by atoms with E-state index in [9.17, 15) is 4.79 Å². The van der Waals surface area contributed by atoms with E-state index in [2.05, 4.69) is 25.7 Å². The lowest BCUT2D eigenvalue weighted by molar-refractivity contribution is 0.0601. The molecule has 0 spiro atoms. The summed E-state index contributed by atoms with van der Waals surface area (Å²) in [5.41, 5.74) is 2.59. The first-order valence-corrected chi connectivity index (χ1v) is 6.30. The van der Waals surface area contributed by atoms with Crippen LogP contribution in [-0.4, -0.2) is 23.4 Å². The molecule has 0 unspecified atom stereocenters. The number of aromatic amines is 1. The van der Waals surface area contributed by atoms with Gasteiger partial charge < -0.3 is 9.72 Å². The van der Waals surface area contributed by atoms with Crippen LogP contribution in [0.1, 0.15) is 15.9 Å². The maximum Gasteiger partial charge on any atom is 0.337 e. The quantitative estimate of drug-likeness (QED) is 0.696. The van der Waals surface area contributed by atoms with E-state index in [-0.39, 0.29) is 5.97 Å². The Morgan fingerprint density at radius 3 is 3.06 bits per heavy atom. The molecule has 1 aromatic heterocycles. The lowest BCUT2D eigenvalue weighted by atomic mass is 10.1. The monoisotopic (exact) mass is 293 g/mol. The highest BCUT2D eigenvalue weighted by Gasteiger charge is 2.07. The molecule has 0 fully saturated rings. The summed E-state index contributed by atoms with van der Waals surface area (Å²) in [7, 11) is 1.38. The number of benzene rings is 1. The van der Waals surface area contributed by atoms with E-state index >= 15 is 0 Å². The second kappa shape index (κ2) is 5.19. The van der Waals surface area contributed by atoms with Gasteiger partial charge in [0.05, 0.1) is 12.7 Å². The summed E-state index contributed by atoms with van der Waals surface area (Å²) in [6, 6.07) is 5.49. The highest BCUT2D eigenvalue weighted by molar-refractivity contribution is 9.09. The molecule has 2 rings (SSSR count). The Hall–Kier alpha value is -1.55. The first-order chi connectivity index (χ1) is 8.26. The Balaban J connectivity index is 2.44. The van der Waals surface area contributed by atoms with E-state index in [0.717, 1.165) is 21.8 Å². The Morgan fingerprint density at radius 1 is 1.53 bits per heavy atom. The summed E-state index contributed by atoms with van der Waals surface area (Å²) < 4.78 is 4.68. The number of carbonyl (C=O) groups excluding carboxylic acids is 1. The van der Waals surface area contributed by atoms with Crippen LogP contribution in [0, 0.1) is 0 Å². The van der Waals surface area contributed by atoms with Crippen LogP contribution in [0.15, 0.2) is 30.5 Å². The standard InChI is InChI=1S/C13H12BrNO2/c1-17-13(16)9-4-5-11-10(3-2-6-14)8-15-12(11)7-9/h2-5,7-8,15H,6H2,1H3. The second-order valence-electron chi connectivity index (χ2n) is 3.55. The van der Waals surface area contributed by atoms with Gasteiger partial charge in [0.15, 0.2) is 0 Å². The van der Waals surface area contributed by atoms with Gasteiger partial charge in [-0.2, -0.15) is 0 Å². The maximum absolute atomic E-state index is 11.4. The Labute approximate surface area is 108 Å². The largest absolute Gasteiger partial charge is 0.465 e. The molecular formula is C13H12BrNO2. The Kier molecular flexibility index (Phi) is 3.64. The van der Waals surface area contributed by atoms with Crippen molar-refractivity contribution in [2.45, 2.75) is 0 Å². The van der Waals surface area contributed by atoms with Gasteiger partial charge in [-0.05, 0) is 17.7 Å². The van der Waals surface area contributed by atoms with Gasteiger partial charge in [0.2, 0.25) is 0 Å². The molecule has 1 aromatic carbocycles. The van der Waals surface area contributed by atoms with Gasteiger partial charge in [-0.15, -0.1) is 0 Å². The number of esters is 1. The number of fused-ring (bicyclic) bond motifs is 1. The van der Waals surface area contributed by atoms with Crippen molar-refractivity contribution in [3.8, 4) is 0 Å². The van der Waals surface area contributed by atoms with E-state index in [1.54, 1.807) is 12.1 Å². The highest BCUT2D eigenvalue weighted by atomic mass is 79.9. The first kappa shape index (κ1) is 11.9. The highest BCUT2D eigenvalue weighted by Crippen LogP contribution is 2.21. The molecule has 3 nitrogen and oxygen atoms in total. The fraction of sp³-hybridized carbons (Fsp3) is 0.154. The predicted octanol–water partition coefficient (Wildman–Crippen LogP) is 3.36. The SMILES string of the molecule is COC(=O)c1ccc2c(C=CCBr)c[nH]c2c1. The average Bonchev–Trinajstić information content (AvgIpc) is 2.77. The van der Waals surface area contributed by atoms with E-state index in [0.29, 0.717) is 5.56 Å². The van der Waals surface area contributed by atoms with Gasteiger partial charge in [0, 0.05) is 22.4 Å². The number of alkyl halides is 1. The minimum Gasteiger partial charge on any atom is -0.465 e. The summed E-state index contributed by atoms with van der Waals surface area (Å²) >= 11 is 3.34. The number of carbonyl (C=O) groups is 1. The zero-order valence-corrected chi connectivity index (χ0v) is 11.0. The third-order valence-electron chi connectivity index (χ3n) is 2.52. The van der Waals surface area contributed by atoms with Crippen LogP contribution in [0.3, 0.4) is 0 Å². The number of H-pyrrole nitrogens is 1. The van der Waals surface area contributed by atoms with Gasteiger partial charge in [-0.3, -0.25) is 0 Å². The molecule has 0 aliphatic heterocycles. The number of hydrogen-bond donors (Lipinski definition) is 1. The minimum atomic E-state index is -0.320. The lowest BCUT2D eigenvalue weighted by Gasteiger charge is -1.99. The van der Waals surface area contributed by atoms with Crippen LogP contribution in [-0.2, 0) is 4.74 Å². The fourth-order valence-electron chi connectivity index (χ4n) is 1.70. The predicted molar refractivity (Wildman–Crippen MR) is 72.5 cm³/mol. The smallest absolute Gasteiger partial charge is 0.337 e. The number of ether oxygens (including phenoxy) is 1. The van der Waals surface area contributed by atoms with Gasteiger partial charge >= 0.3 is 5.97 Å². The van der Waals surface area contributed by atoms with Crippen LogP contribution in [0.5, 0.6) is 0 Å². The molecule has 0 atom stereocenters. The summed E-state index contributed by atoms with van der Waals surface area (Å²) in [5.74, 6) is -0.320. The molecule has 2 aromatic rings. The number of halogens is 1. The molecular weight excluding hydrogens is 282 g/mol. The van der Waals surface area contributed by atoms with Crippen LogP contribution in [0.2, 0.25) is 0 Å². The normalized spacial score (nSPS) is 11.2. The molecule has 4 heteroatoms. The molecule has 0 saturated heterocycles. The van der Waals surface area contributed by atoms with Crippen molar-refractivity contribution in [2.75, 3.05) is 12.4 Å². The number of allylic oxidation sites excluding steroid dienone is 1. The van der Waals surface area contributed by atoms with E-state index in [1.807, 2.05) is 24.4 Å². The van der Waals surface area contributed by atoms with Gasteiger partial charge in [-0.25, -0.2) is 4.79 Å². The molecule has 88 valence electrons. The van der Waals surface area contributed by atoms with Crippen molar-refractivity contribution >= 4 is 38.9 Å². The molecule has 0 aliphatic rings. The first-order valence-electron chi connectivity index (χ1n) is 5.18. The molecule has 0 saturated carbocycles. The number of rotatable bonds is 3. The molecule has 1 N–H and O–H groups in total. The van der Waals surface area contributed by atoms with Gasteiger partial charge in [-0.1, -0.05) is 34.1 Å². The Morgan fingerprint density at radius 2 is 2.35 bits per heavy atom. The fourth-order valence-corrected chi connectivity index (χ4v) is 1.89. The number of aromatic nitrogens is 1. The van der Waals surface area contributed by atoms with Gasteiger partial charge in [0.25, 0.3) is 0 Å². The number of methoxy groups -OCH3 is 1. The Bertz CT molecular complexity index is 572. The van der Waals surface area contributed by atoms with Crippen molar-refractivity contribution in [2.24, 2.45) is 0 Å². The second-order valence-corrected chi connectivity index (χ2v) is 4.20. The lowest BCUT2D eigenvalue weighted by Crippen LogP contribution is -2.00. The van der Waals surface area contributed by atoms with Gasteiger partial charge in [0.1, 0.15) is 0 Å². The summed E-state index contributed by atoms with van der Waals surface area (Å²) in [4.78, 5) is 14.5. The molecule has 17 heavy (non-hydrogen) atoms. The third-order valence-corrected chi connectivity index (χ3v) is 2.90. The summed E-state index contributed by atoms with van der Waals surface area (Å²) in [6.45, 7) is 0. The average molecular weight is 294 g/mol. The van der Waals surface area contributed by atoms with E-state index in [1.165, 1.54) is 7.11 Å². The molecule has 0 amide bonds. The minimum absolute atomic E-state index is 0.320. The van der Waals surface area contributed by atoms with E-state index < -0.39 is 0 Å². The zero-order valence-electron chi connectivity index (χ0n) is 9.37. The van der Waals surface area contributed by atoms with Crippen molar-refractivity contribution in [3.63, 3.8) is 0 Å². The van der Waals surface area contributed by atoms with Crippen molar-refractivity contribution < 1.29 is 9.53 Å². The van der Waals surface area contributed by atoms with Crippen LogP contribution in [0.4, 0.5) is 0 Å². The molecule has 0 bridgehead atoms. The molecule has 0 radical (unpaired) electrons. The number of hydrogen-bond acceptors (Lipinski definition) is 2. The van der Waals surface area contributed by atoms with Crippen LogP contribution < -0.4 is 0 Å². The summed E-state index contributed by atoms with van der Waals surface area (Å²) in [6.07, 6.45) is 5.98. The zero-order chi connectivity index (χ0) is 12.3. The van der Waals surface area contributed by atoms with Crippen molar-refractivity contribution in [1.29, 1.82) is 0 Å². The number of nitrogens with one attached hydrogen (secondary N) is 1. The van der Waals surface area contributed by atoms with Crippen molar-refractivity contribution in [1.82, 2.24) is 4.98 Å². The molecule has 0 aliphatic carbocycles. The third kappa shape index (κ3) is 2.42. The van der Waals surface area contributed by atoms with Crippen molar-refractivity contribution in [3.05, 3.63) is 41.6 Å². The maximum atomic E-state index is 11.4. The summed E-state index contributed by atoms with van der Waals surface area (Å²) in [5, 5.41) is 1.91. The molecule has 1 heterocycles. The van der Waals surface area contributed by atoms with Crippen LogP contribution in [0.25, 0.3) is 17.0 Å². The topological polar surface area (TPSA) is 42.1 Å². The van der Waals surface area contributed by atoms with E-state index in [4.69, 9.17) is 0 Å². The van der Waals surface area contributed by atoms with Crippen LogP contribution >= 0.6 is 15.9 Å².